The van der Waals surface area contributed by atoms with Crippen molar-refractivity contribution in [3.8, 4) is 9.88 Å². The zero-order chi connectivity index (χ0) is 19.1. The number of benzene rings is 1. The number of thiophene rings is 1. The molecule has 0 saturated carbocycles. The fourth-order valence-electron chi connectivity index (χ4n) is 2.81. The number of fused-ring (bicyclic) bond motifs is 1. The van der Waals surface area contributed by atoms with E-state index in [4.69, 9.17) is 0 Å². The summed E-state index contributed by atoms with van der Waals surface area (Å²) in [6.07, 6.45) is 0. The van der Waals surface area contributed by atoms with Crippen LogP contribution in [0.5, 0.6) is 0 Å². The molecule has 0 aliphatic carbocycles. The zero-order valence-electron chi connectivity index (χ0n) is 14.4. The molecule has 3 heterocycles. The second-order valence-electron chi connectivity index (χ2n) is 6.18. The van der Waals surface area contributed by atoms with Gasteiger partial charge in [0.15, 0.2) is 5.01 Å². The molecule has 4 rings (SSSR count). The van der Waals surface area contributed by atoms with Gasteiger partial charge in [-0.05, 0) is 43.5 Å². The maximum absolute atomic E-state index is 12.5. The number of carbonyl (C=O) groups is 3. The molecule has 136 valence electrons. The summed E-state index contributed by atoms with van der Waals surface area (Å²) in [5, 5.41) is 13.8. The summed E-state index contributed by atoms with van der Waals surface area (Å²) in [4.78, 5) is 39.5. The number of rotatable bonds is 4. The Morgan fingerprint density at radius 1 is 1.11 bits per heavy atom. The van der Waals surface area contributed by atoms with Gasteiger partial charge in [0.25, 0.3) is 17.7 Å². The van der Waals surface area contributed by atoms with Crippen LogP contribution in [0.2, 0.25) is 0 Å². The van der Waals surface area contributed by atoms with Gasteiger partial charge in [0.05, 0.1) is 16.0 Å². The minimum atomic E-state index is -0.407. The quantitative estimate of drug-likeness (QED) is 0.679. The van der Waals surface area contributed by atoms with E-state index in [1.54, 1.807) is 25.2 Å². The molecule has 0 atom stereocenters. The molecule has 0 fully saturated rings. The Hall–Kier alpha value is -2.91. The predicted octanol–water partition coefficient (Wildman–Crippen LogP) is 3.52. The lowest BCUT2D eigenvalue weighted by Crippen LogP contribution is -2.35. The Morgan fingerprint density at radius 3 is 2.59 bits per heavy atom. The van der Waals surface area contributed by atoms with Crippen LogP contribution in [0.3, 0.4) is 0 Å². The van der Waals surface area contributed by atoms with E-state index in [1.807, 2.05) is 17.5 Å². The lowest BCUT2D eigenvalue weighted by molar-refractivity contribution is 0.0609. The number of anilines is 1. The second-order valence-corrected chi connectivity index (χ2v) is 8.10. The van der Waals surface area contributed by atoms with Crippen LogP contribution >= 0.6 is 22.7 Å². The SMILES string of the molecule is CC(C)N1C(=O)c2ccc(C(=O)Nc3nnc(-c4cccs4)s3)cc2C1=O. The van der Waals surface area contributed by atoms with Gasteiger partial charge in [-0.2, -0.15) is 0 Å². The average molecular weight is 398 g/mol. The molecule has 7 nitrogen and oxygen atoms in total. The largest absolute Gasteiger partial charge is 0.296 e. The van der Waals surface area contributed by atoms with Crippen molar-refractivity contribution >= 4 is 45.5 Å². The third-order valence-electron chi connectivity index (χ3n) is 4.07. The summed E-state index contributed by atoms with van der Waals surface area (Å²) in [7, 11) is 0. The summed E-state index contributed by atoms with van der Waals surface area (Å²) < 4.78 is 0. The molecule has 0 spiro atoms. The van der Waals surface area contributed by atoms with E-state index in [0.717, 1.165) is 9.88 Å². The minimum absolute atomic E-state index is 0.244. The number of carbonyl (C=O) groups excluding carboxylic acids is 3. The molecule has 3 amide bonds. The number of nitrogens with zero attached hydrogens (tertiary/aromatic N) is 3. The fraction of sp³-hybridized carbons (Fsp3) is 0.167. The van der Waals surface area contributed by atoms with Crippen molar-refractivity contribution in [3.63, 3.8) is 0 Å². The summed E-state index contributed by atoms with van der Waals surface area (Å²) in [6, 6.07) is 8.11. The first-order chi connectivity index (χ1) is 13.0. The Morgan fingerprint density at radius 2 is 1.89 bits per heavy atom. The van der Waals surface area contributed by atoms with Gasteiger partial charge in [0.1, 0.15) is 0 Å². The van der Waals surface area contributed by atoms with E-state index in [1.165, 1.54) is 34.4 Å². The molecule has 1 N–H and O–H groups in total. The monoisotopic (exact) mass is 398 g/mol. The summed E-state index contributed by atoms with van der Waals surface area (Å²) in [5.74, 6) is -1.12. The van der Waals surface area contributed by atoms with Crippen molar-refractivity contribution in [2.24, 2.45) is 0 Å². The first-order valence-electron chi connectivity index (χ1n) is 8.16. The van der Waals surface area contributed by atoms with Gasteiger partial charge in [-0.3, -0.25) is 24.6 Å². The van der Waals surface area contributed by atoms with Crippen molar-refractivity contribution in [2.45, 2.75) is 19.9 Å². The molecule has 0 unspecified atom stereocenters. The topological polar surface area (TPSA) is 92.3 Å². The van der Waals surface area contributed by atoms with Crippen LogP contribution in [0.25, 0.3) is 9.88 Å². The fourth-order valence-corrected chi connectivity index (χ4v) is 4.34. The molecule has 2 aromatic heterocycles. The number of hydrogen-bond acceptors (Lipinski definition) is 7. The van der Waals surface area contributed by atoms with Gasteiger partial charge < -0.3 is 0 Å². The van der Waals surface area contributed by atoms with Gasteiger partial charge in [0, 0.05) is 11.6 Å². The van der Waals surface area contributed by atoms with Crippen LogP contribution in [0, 0.1) is 0 Å². The molecular weight excluding hydrogens is 384 g/mol. The van der Waals surface area contributed by atoms with Crippen molar-refractivity contribution in [1.82, 2.24) is 15.1 Å². The number of hydrogen-bond donors (Lipinski definition) is 1. The minimum Gasteiger partial charge on any atom is -0.296 e. The van der Waals surface area contributed by atoms with Crippen molar-refractivity contribution < 1.29 is 14.4 Å². The van der Waals surface area contributed by atoms with E-state index in [9.17, 15) is 14.4 Å². The van der Waals surface area contributed by atoms with Gasteiger partial charge in [0.2, 0.25) is 5.13 Å². The number of aromatic nitrogens is 2. The number of amides is 3. The maximum atomic E-state index is 12.5. The highest BCUT2D eigenvalue weighted by Gasteiger charge is 2.37. The highest BCUT2D eigenvalue weighted by Crippen LogP contribution is 2.30. The highest BCUT2D eigenvalue weighted by atomic mass is 32.1. The van der Waals surface area contributed by atoms with E-state index in [-0.39, 0.29) is 29.0 Å². The Kier molecular flexibility index (Phi) is 4.33. The highest BCUT2D eigenvalue weighted by molar-refractivity contribution is 7.23. The van der Waals surface area contributed by atoms with E-state index in [0.29, 0.717) is 10.7 Å². The lowest BCUT2D eigenvalue weighted by Gasteiger charge is -2.17. The van der Waals surface area contributed by atoms with Crippen LogP contribution in [-0.2, 0) is 0 Å². The van der Waals surface area contributed by atoms with Crippen LogP contribution < -0.4 is 5.32 Å². The van der Waals surface area contributed by atoms with E-state index >= 15 is 0 Å². The third kappa shape index (κ3) is 3.04. The van der Waals surface area contributed by atoms with Gasteiger partial charge in [-0.15, -0.1) is 21.5 Å². The molecule has 3 aromatic rings. The average Bonchev–Trinajstić information content (AvgIpc) is 3.35. The maximum Gasteiger partial charge on any atom is 0.261 e. The van der Waals surface area contributed by atoms with E-state index in [2.05, 4.69) is 15.5 Å². The van der Waals surface area contributed by atoms with Gasteiger partial charge in [-0.1, -0.05) is 17.4 Å². The first-order valence-corrected chi connectivity index (χ1v) is 9.86. The molecule has 0 bridgehead atoms. The molecule has 1 aliphatic rings. The van der Waals surface area contributed by atoms with Gasteiger partial charge >= 0.3 is 0 Å². The Balaban J connectivity index is 1.56. The predicted molar refractivity (Wildman–Crippen MR) is 103 cm³/mol. The zero-order valence-corrected chi connectivity index (χ0v) is 16.1. The molecule has 9 heteroatoms. The normalized spacial score (nSPS) is 13.4. The van der Waals surface area contributed by atoms with Crippen LogP contribution in [0.1, 0.15) is 44.9 Å². The van der Waals surface area contributed by atoms with E-state index < -0.39 is 5.91 Å². The van der Waals surface area contributed by atoms with Crippen molar-refractivity contribution in [3.05, 3.63) is 52.4 Å². The molecule has 0 saturated heterocycles. The van der Waals surface area contributed by atoms with Crippen molar-refractivity contribution in [2.75, 3.05) is 5.32 Å². The molecular formula is C18H14N4O3S2. The third-order valence-corrected chi connectivity index (χ3v) is 5.95. The summed E-state index contributed by atoms with van der Waals surface area (Å²) >= 11 is 2.81. The molecule has 27 heavy (non-hydrogen) atoms. The molecule has 1 aromatic carbocycles. The molecule has 0 radical (unpaired) electrons. The standard InChI is InChI=1S/C18H14N4O3S2/c1-9(2)22-16(24)11-6-5-10(8-12(11)17(22)25)14(23)19-18-21-20-15(27-18)13-4-3-7-26-13/h3-9H,1-2H3,(H,19,21,23). The lowest BCUT2D eigenvalue weighted by atomic mass is 10.1. The Bertz CT molecular complexity index is 1060. The summed E-state index contributed by atoms with van der Waals surface area (Å²) in [5.41, 5.74) is 0.854. The number of imide groups is 1. The smallest absolute Gasteiger partial charge is 0.261 e. The van der Waals surface area contributed by atoms with Crippen molar-refractivity contribution in [1.29, 1.82) is 0 Å². The summed E-state index contributed by atoms with van der Waals surface area (Å²) in [6.45, 7) is 3.55. The van der Waals surface area contributed by atoms with Crippen LogP contribution in [0.4, 0.5) is 5.13 Å². The van der Waals surface area contributed by atoms with Gasteiger partial charge in [-0.25, -0.2) is 0 Å². The number of nitrogens with one attached hydrogen (secondary N) is 1. The molecule has 1 aliphatic heterocycles. The van der Waals surface area contributed by atoms with Crippen LogP contribution in [0.15, 0.2) is 35.7 Å². The Labute approximate surface area is 162 Å². The second kappa shape index (κ2) is 6.67. The first kappa shape index (κ1) is 17.5. The van der Waals surface area contributed by atoms with Crippen LogP contribution in [-0.4, -0.2) is 38.9 Å².